The molecule has 172 valence electrons. The lowest BCUT2D eigenvalue weighted by atomic mass is 10.0. The zero-order chi connectivity index (χ0) is 23.9. The van der Waals surface area contributed by atoms with Gasteiger partial charge in [-0.3, -0.25) is 4.79 Å². The molecule has 2 aromatic rings. The average molecular weight is 471 g/mol. The van der Waals surface area contributed by atoms with E-state index in [0.717, 1.165) is 12.1 Å². The monoisotopic (exact) mass is 471 g/mol. The van der Waals surface area contributed by atoms with Gasteiger partial charge in [-0.25, -0.2) is 8.42 Å². The highest BCUT2D eigenvalue weighted by molar-refractivity contribution is 7.92. The molecule has 2 rings (SSSR count). The number of nitrogens with one attached hydrogen (secondary N) is 1. The van der Waals surface area contributed by atoms with Crippen LogP contribution in [0.2, 0.25) is 0 Å². The first-order valence-corrected chi connectivity index (χ1v) is 10.5. The van der Waals surface area contributed by atoms with Gasteiger partial charge >= 0.3 is 5.51 Å². The molecule has 32 heavy (non-hydrogen) atoms. The Bertz CT molecular complexity index is 1130. The van der Waals surface area contributed by atoms with E-state index in [0.29, 0.717) is 11.1 Å². The van der Waals surface area contributed by atoms with Crippen LogP contribution in [-0.2, 0) is 24.3 Å². The first-order chi connectivity index (χ1) is 15.0. The van der Waals surface area contributed by atoms with Gasteiger partial charge in [-0.2, -0.15) is 13.2 Å². The van der Waals surface area contributed by atoms with Gasteiger partial charge in [-0.05, 0) is 24.6 Å². The summed E-state index contributed by atoms with van der Waals surface area (Å²) in [5.41, 5.74) is -4.40. The lowest BCUT2D eigenvalue weighted by Crippen LogP contribution is -2.29. The quantitative estimate of drug-likeness (QED) is 0.470. The second-order valence-corrected chi connectivity index (χ2v) is 8.23. The highest BCUT2D eigenvalue weighted by Gasteiger charge is 2.46. The van der Waals surface area contributed by atoms with Crippen molar-refractivity contribution in [3.8, 4) is 0 Å². The van der Waals surface area contributed by atoms with Crippen LogP contribution in [0, 0.1) is 0 Å². The van der Waals surface area contributed by atoms with Gasteiger partial charge in [-0.15, -0.1) is 0 Å². The molecule has 1 unspecified atom stereocenters. The van der Waals surface area contributed by atoms with Gasteiger partial charge in [0.2, 0.25) is 0 Å². The van der Waals surface area contributed by atoms with Crippen LogP contribution < -0.4 is 5.32 Å². The molecule has 0 fully saturated rings. The average Bonchev–Trinajstić information content (AvgIpc) is 2.76. The minimum Gasteiger partial charge on any atom is -0.398 e. The third kappa shape index (κ3) is 5.63. The predicted octanol–water partition coefficient (Wildman–Crippen LogP) is 3.19. The van der Waals surface area contributed by atoms with Crippen molar-refractivity contribution in [3.05, 3.63) is 65.2 Å². The lowest BCUT2D eigenvalue weighted by Gasteiger charge is -2.13. The van der Waals surface area contributed by atoms with Crippen molar-refractivity contribution in [2.75, 3.05) is 14.2 Å². The molecule has 0 aliphatic heterocycles. The maximum absolute atomic E-state index is 12.8. The first-order valence-electron chi connectivity index (χ1n) is 9.06. The molecular weight excluding hydrogens is 451 g/mol. The Morgan fingerprint density at radius 3 is 2.47 bits per heavy atom. The molecule has 0 aliphatic carbocycles. The van der Waals surface area contributed by atoms with Gasteiger partial charge in [-0.1, -0.05) is 46.7 Å². The molecule has 1 atom stereocenters. The summed E-state index contributed by atoms with van der Waals surface area (Å²) < 4.78 is 61.6. The Hall–Kier alpha value is -3.41. The number of rotatable bonds is 8. The number of amides is 1. The lowest BCUT2D eigenvalue weighted by molar-refractivity contribution is -0.114. The summed E-state index contributed by atoms with van der Waals surface area (Å²) in [6.07, 6.45) is 0.420. The molecule has 0 aliphatic rings. The topological polar surface area (TPSA) is 106 Å². The maximum atomic E-state index is 12.8. The SMILES string of the molecule is CNC(=O)C(=NOC)c1ccccc1C=NOC(C)c1cccc(S(=O)(=O)C(F)(F)F)c1. The first kappa shape index (κ1) is 24.9. The van der Waals surface area contributed by atoms with Gasteiger partial charge < -0.3 is 15.0 Å². The summed E-state index contributed by atoms with van der Waals surface area (Å²) in [6.45, 7) is 1.49. The van der Waals surface area contributed by atoms with Gasteiger partial charge in [0, 0.05) is 18.2 Å². The molecule has 0 saturated heterocycles. The summed E-state index contributed by atoms with van der Waals surface area (Å²) in [4.78, 5) is 21.2. The Morgan fingerprint density at radius 2 is 1.84 bits per heavy atom. The summed E-state index contributed by atoms with van der Waals surface area (Å²) in [6, 6.07) is 11.0. The van der Waals surface area contributed by atoms with Crippen LogP contribution in [0.1, 0.15) is 29.7 Å². The zero-order valence-corrected chi connectivity index (χ0v) is 18.1. The van der Waals surface area contributed by atoms with Gasteiger partial charge in [0.15, 0.2) is 5.71 Å². The molecular formula is C20H20F3N3O5S. The molecule has 0 spiro atoms. The van der Waals surface area contributed by atoms with E-state index >= 15 is 0 Å². The Balaban J connectivity index is 2.26. The van der Waals surface area contributed by atoms with E-state index in [2.05, 4.69) is 15.6 Å². The van der Waals surface area contributed by atoms with Crippen LogP contribution in [0.3, 0.4) is 0 Å². The number of likely N-dealkylation sites (N-methyl/N-ethyl adjacent to an activating group) is 1. The third-order valence-corrected chi connectivity index (χ3v) is 5.68. The van der Waals surface area contributed by atoms with Gasteiger partial charge in [0.25, 0.3) is 15.7 Å². The number of hydrogen-bond donors (Lipinski definition) is 1. The number of alkyl halides is 3. The highest BCUT2D eigenvalue weighted by Crippen LogP contribution is 2.31. The number of nitrogens with zero attached hydrogens (tertiary/aromatic N) is 2. The van der Waals surface area contributed by atoms with Crippen LogP contribution in [0.5, 0.6) is 0 Å². The Kier molecular flexibility index (Phi) is 7.97. The number of carbonyl (C=O) groups is 1. The van der Waals surface area contributed by atoms with Crippen LogP contribution in [-0.4, -0.2) is 45.9 Å². The molecule has 1 amide bonds. The van der Waals surface area contributed by atoms with Crippen LogP contribution >= 0.6 is 0 Å². The minimum absolute atomic E-state index is 0.00448. The second-order valence-electron chi connectivity index (χ2n) is 6.29. The molecule has 1 N–H and O–H groups in total. The maximum Gasteiger partial charge on any atom is 0.501 e. The number of benzene rings is 2. The number of oxime groups is 2. The van der Waals surface area contributed by atoms with Crippen LogP contribution in [0.15, 0.2) is 63.7 Å². The van der Waals surface area contributed by atoms with Gasteiger partial charge in [0.05, 0.1) is 11.1 Å². The Morgan fingerprint density at radius 1 is 1.16 bits per heavy atom. The van der Waals surface area contributed by atoms with Gasteiger partial charge in [0.1, 0.15) is 13.2 Å². The van der Waals surface area contributed by atoms with Crippen molar-refractivity contribution in [2.45, 2.75) is 23.4 Å². The molecule has 12 heteroatoms. The fourth-order valence-corrected chi connectivity index (χ4v) is 3.37. The number of hydrogen-bond acceptors (Lipinski definition) is 7. The molecule has 2 aromatic carbocycles. The van der Waals surface area contributed by atoms with Crippen LogP contribution in [0.25, 0.3) is 0 Å². The van der Waals surface area contributed by atoms with Crippen molar-refractivity contribution in [3.63, 3.8) is 0 Å². The van der Waals surface area contributed by atoms with Crippen molar-refractivity contribution in [1.82, 2.24) is 5.32 Å². The summed E-state index contributed by atoms with van der Waals surface area (Å²) in [5, 5.41) is 9.99. The summed E-state index contributed by atoms with van der Waals surface area (Å²) in [7, 11) is -2.76. The van der Waals surface area contributed by atoms with Crippen molar-refractivity contribution < 1.29 is 36.1 Å². The summed E-state index contributed by atoms with van der Waals surface area (Å²) in [5.74, 6) is -0.496. The fraction of sp³-hybridized carbons (Fsp3) is 0.250. The fourth-order valence-electron chi connectivity index (χ4n) is 2.56. The van der Waals surface area contributed by atoms with Crippen molar-refractivity contribution in [2.24, 2.45) is 10.3 Å². The van der Waals surface area contributed by atoms with E-state index in [-0.39, 0.29) is 11.3 Å². The third-order valence-electron chi connectivity index (χ3n) is 4.19. The standard InChI is InChI=1S/C20H20F3N3O5S/c1-13(14-8-6-9-16(11-14)32(28,29)20(21,22)23)31-25-12-15-7-4-5-10-17(15)18(26-30-3)19(27)24-2/h4-13H,1-3H3,(H,24,27). The minimum atomic E-state index is -5.48. The van der Waals surface area contributed by atoms with E-state index in [4.69, 9.17) is 9.68 Å². The van der Waals surface area contributed by atoms with E-state index in [1.165, 1.54) is 39.4 Å². The molecule has 0 heterocycles. The van der Waals surface area contributed by atoms with E-state index < -0.39 is 32.3 Å². The molecule has 8 nitrogen and oxygen atoms in total. The number of carbonyl (C=O) groups excluding carboxylic acids is 1. The zero-order valence-electron chi connectivity index (χ0n) is 17.3. The molecule has 0 bridgehead atoms. The normalized spacial score (nSPS) is 13.6. The van der Waals surface area contributed by atoms with E-state index in [1.54, 1.807) is 24.3 Å². The number of halogens is 3. The largest absolute Gasteiger partial charge is 0.501 e. The van der Waals surface area contributed by atoms with E-state index in [9.17, 15) is 26.4 Å². The van der Waals surface area contributed by atoms with E-state index in [1.807, 2.05) is 0 Å². The highest BCUT2D eigenvalue weighted by atomic mass is 32.2. The number of sulfone groups is 1. The summed E-state index contributed by atoms with van der Waals surface area (Å²) >= 11 is 0. The predicted molar refractivity (Wildman–Crippen MR) is 111 cm³/mol. The second kappa shape index (κ2) is 10.3. The molecule has 0 saturated carbocycles. The Labute approximate surface area is 182 Å². The molecule has 0 aromatic heterocycles. The molecule has 0 radical (unpaired) electrons. The van der Waals surface area contributed by atoms with Crippen molar-refractivity contribution in [1.29, 1.82) is 0 Å². The van der Waals surface area contributed by atoms with Crippen LogP contribution in [0.4, 0.5) is 13.2 Å². The smallest absolute Gasteiger partial charge is 0.398 e. The van der Waals surface area contributed by atoms with Crippen molar-refractivity contribution >= 4 is 27.7 Å².